The van der Waals surface area contributed by atoms with Gasteiger partial charge in [0.2, 0.25) is 0 Å². The Morgan fingerprint density at radius 3 is 1.21 bits per heavy atom. The van der Waals surface area contributed by atoms with Crippen molar-refractivity contribution in [2.75, 3.05) is 0 Å². The molecule has 0 aliphatic carbocycles. The quantitative estimate of drug-likeness (QED) is 0.335. The fourth-order valence-corrected chi connectivity index (χ4v) is 5.12. The molecule has 1 heteroatoms. The molecule has 4 aromatic rings. The summed E-state index contributed by atoms with van der Waals surface area (Å²) in [4.78, 5) is 2.73. The number of aryl methyl sites for hydroxylation is 2. The molecule has 0 amide bonds. The maximum absolute atomic E-state index is 2.25. The zero-order valence-corrected chi connectivity index (χ0v) is 18.3. The first-order chi connectivity index (χ1) is 14.1. The van der Waals surface area contributed by atoms with Crippen molar-refractivity contribution in [2.45, 2.75) is 37.5 Å². The summed E-state index contributed by atoms with van der Waals surface area (Å²) in [6.07, 6.45) is 0. The van der Waals surface area contributed by atoms with Crippen LogP contribution in [0.1, 0.15) is 22.3 Å². The first kappa shape index (κ1) is 19.5. The molecular weight excluding hydrogens is 368 g/mol. The predicted molar refractivity (Wildman–Crippen MR) is 127 cm³/mol. The second kappa shape index (κ2) is 8.31. The van der Waals surface area contributed by atoms with Crippen LogP contribution in [0.4, 0.5) is 0 Å². The number of hydrogen-bond donors (Lipinski definition) is 0. The summed E-state index contributed by atoms with van der Waals surface area (Å²) < 4.78 is 0. The lowest BCUT2D eigenvalue weighted by atomic mass is 9.98. The van der Waals surface area contributed by atoms with Gasteiger partial charge < -0.3 is 0 Å². The summed E-state index contributed by atoms with van der Waals surface area (Å²) >= 11 is 1.91. The van der Waals surface area contributed by atoms with E-state index >= 15 is 0 Å². The highest BCUT2D eigenvalue weighted by atomic mass is 32.2. The Morgan fingerprint density at radius 1 is 0.448 bits per heavy atom. The lowest BCUT2D eigenvalue weighted by Gasteiger charge is -2.18. The van der Waals surface area contributed by atoms with Crippen molar-refractivity contribution in [1.82, 2.24) is 0 Å². The SMILES string of the molecule is Cc1ccc(-c2ccccc2)c(C)c1Sc1c(C)ccc(-c2ccccc2)c1C. The van der Waals surface area contributed by atoms with Crippen LogP contribution >= 0.6 is 11.8 Å². The van der Waals surface area contributed by atoms with Crippen LogP contribution in [-0.2, 0) is 0 Å². The van der Waals surface area contributed by atoms with Crippen molar-refractivity contribution in [3.8, 4) is 22.3 Å². The van der Waals surface area contributed by atoms with Gasteiger partial charge in [0.05, 0.1) is 0 Å². The second-order valence-corrected chi connectivity index (χ2v) is 8.62. The second-order valence-electron chi connectivity index (χ2n) is 7.60. The molecule has 0 heterocycles. The van der Waals surface area contributed by atoms with E-state index in [1.165, 1.54) is 54.3 Å². The van der Waals surface area contributed by atoms with Gasteiger partial charge in [-0.25, -0.2) is 0 Å². The number of hydrogen-bond acceptors (Lipinski definition) is 1. The van der Waals surface area contributed by atoms with Gasteiger partial charge >= 0.3 is 0 Å². The van der Waals surface area contributed by atoms with E-state index in [9.17, 15) is 0 Å². The van der Waals surface area contributed by atoms with Crippen LogP contribution in [-0.4, -0.2) is 0 Å². The highest BCUT2D eigenvalue weighted by molar-refractivity contribution is 7.99. The molecule has 0 spiro atoms. The minimum Gasteiger partial charge on any atom is -0.0889 e. The molecule has 0 atom stereocenters. The third-order valence-electron chi connectivity index (χ3n) is 5.58. The maximum Gasteiger partial charge on any atom is 0.0187 e. The van der Waals surface area contributed by atoms with E-state index in [0.717, 1.165) is 0 Å². The average Bonchev–Trinajstić information content (AvgIpc) is 2.74. The van der Waals surface area contributed by atoms with E-state index in [2.05, 4.69) is 113 Å². The van der Waals surface area contributed by atoms with Crippen LogP contribution in [0, 0.1) is 27.7 Å². The summed E-state index contributed by atoms with van der Waals surface area (Å²) in [5.74, 6) is 0. The van der Waals surface area contributed by atoms with Crippen LogP contribution in [0.25, 0.3) is 22.3 Å². The van der Waals surface area contributed by atoms with Crippen molar-refractivity contribution in [2.24, 2.45) is 0 Å². The first-order valence-corrected chi connectivity index (χ1v) is 10.9. The molecule has 0 nitrogen and oxygen atoms in total. The molecule has 0 aromatic heterocycles. The molecule has 0 bridgehead atoms. The van der Waals surface area contributed by atoms with Gasteiger partial charge in [-0.2, -0.15) is 0 Å². The first-order valence-electron chi connectivity index (χ1n) is 10.1. The van der Waals surface area contributed by atoms with Gasteiger partial charge in [-0.1, -0.05) is 96.7 Å². The molecule has 4 rings (SSSR count). The fourth-order valence-electron chi connectivity index (χ4n) is 3.93. The van der Waals surface area contributed by atoms with Crippen molar-refractivity contribution in [3.05, 3.63) is 107 Å². The molecule has 29 heavy (non-hydrogen) atoms. The van der Waals surface area contributed by atoms with Crippen LogP contribution in [0.15, 0.2) is 94.7 Å². The minimum absolute atomic E-state index is 1.28. The van der Waals surface area contributed by atoms with Gasteiger partial charge in [0.25, 0.3) is 0 Å². The molecule has 0 unspecified atom stereocenters. The maximum atomic E-state index is 2.25. The fraction of sp³-hybridized carbons (Fsp3) is 0.143. The normalized spacial score (nSPS) is 10.9. The van der Waals surface area contributed by atoms with E-state index < -0.39 is 0 Å². The summed E-state index contributed by atoms with van der Waals surface area (Å²) in [7, 11) is 0. The van der Waals surface area contributed by atoms with E-state index in [0.29, 0.717) is 0 Å². The van der Waals surface area contributed by atoms with E-state index in [1.54, 1.807) is 0 Å². The van der Waals surface area contributed by atoms with Gasteiger partial charge in [-0.3, -0.25) is 0 Å². The van der Waals surface area contributed by atoms with Crippen LogP contribution in [0.3, 0.4) is 0 Å². The van der Waals surface area contributed by atoms with Gasteiger partial charge in [0.15, 0.2) is 0 Å². The average molecular weight is 395 g/mol. The van der Waals surface area contributed by atoms with Crippen molar-refractivity contribution in [1.29, 1.82) is 0 Å². The van der Waals surface area contributed by atoms with Gasteiger partial charge in [-0.15, -0.1) is 0 Å². The lowest BCUT2D eigenvalue weighted by molar-refractivity contribution is 1.18. The number of rotatable bonds is 4. The van der Waals surface area contributed by atoms with Crippen LogP contribution in [0.5, 0.6) is 0 Å². The Bertz CT molecular complexity index is 1050. The molecule has 0 fully saturated rings. The summed E-state index contributed by atoms with van der Waals surface area (Å²) in [6, 6.07) is 30.4. The van der Waals surface area contributed by atoms with Crippen molar-refractivity contribution in [3.63, 3.8) is 0 Å². The summed E-state index contributed by atoms with van der Waals surface area (Å²) in [6.45, 7) is 8.94. The molecule has 0 saturated heterocycles. The molecule has 0 saturated carbocycles. The molecule has 0 radical (unpaired) electrons. The lowest BCUT2D eigenvalue weighted by Crippen LogP contribution is -1.94. The zero-order valence-electron chi connectivity index (χ0n) is 17.5. The topological polar surface area (TPSA) is 0 Å². The molecule has 0 aliphatic rings. The third-order valence-corrected chi connectivity index (χ3v) is 7.24. The van der Waals surface area contributed by atoms with Gasteiger partial charge in [-0.05, 0) is 72.2 Å². The zero-order chi connectivity index (χ0) is 20.4. The Balaban J connectivity index is 1.81. The standard InChI is InChI=1S/C28H26S/c1-19-15-17-25(23-11-7-5-8-12-23)21(3)27(19)29-28-20(2)16-18-26(22(28)4)24-13-9-6-10-14-24/h5-18H,1-4H3. The molecular formula is C28H26S. The largest absolute Gasteiger partial charge is 0.0889 e. The molecule has 144 valence electrons. The van der Waals surface area contributed by atoms with E-state index in [4.69, 9.17) is 0 Å². The van der Waals surface area contributed by atoms with Crippen molar-refractivity contribution >= 4 is 11.8 Å². The third kappa shape index (κ3) is 3.88. The smallest absolute Gasteiger partial charge is 0.0187 e. The molecule has 4 aromatic carbocycles. The monoisotopic (exact) mass is 394 g/mol. The van der Waals surface area contributed by atoms with Gasteiger partial charge in [0.1, 0.15) is 0 Å². The number of benzene rings is 4. The van der Waals surface area contributed by atoms with E-state index in [-0.39, 0.29) is 0 Å². The van der Waals surface area contributed by atoms with Crippen LogP contribution in [0.2, 0.25) is 0 Å². The minimum atomic E-state index is 1.28. The Morgan fingerprint density at radius 2 is 0.828 bits per heavy atom. The highest BCUT2D eigenvalue weighted by Crippen LogP contribution is 2.42. The highest BCUT2D eigenvalue weighted by Gasteiger charge is 2.15. The molecule has 0 aliphatic heterocycles. The van der Waals surface area contributed by atoms with Gasteiger partial charge in [0, 0.05) is 9.79 Å². The van der Waals surface area contributed by atoms with E-state index in [1.807, 2.05) is 11.8 Å². The Kier molecular flexibility index (Phi) is 5.60. The summed E-state index contributed by atoms with van der Waals surface area (Å²) in [5.41, 5.74) is 10.5. The molecule has 0 N–H and O–H groups in total. The Labute approximate surface area is 178 Å². The summed E-state index contributed by atoms with van der Waals surface area (Å²) in [5, 5.41) is 0. The predicted octanol–water partition coefficient (Wildman–Crippen LogP) is 8.41. The van der Waals surface area contributed by atoms with Crippen molar-refractivity contribution < 1.29 is 0 Å². The Hall–Kier alpha value is -2.77. The van der Waals surface area contributed by atoms with Crippen LogP contribution < -0.4 is 0 Å².